The van der Waals surface area contributed by atoms with Crippen LogP contribution in [-0.2, 0) is 0 Å². The summed E-state index contributed by atoms with van der Waals surface area (Å²) in [6, 6.07) is 20.5. The second-order valence-corrected chi connectivity index (χ2v) is 5.53. The molecule has 0 radical (unpaired) electrons. The predicted octanol–water partition coefficient (Wildman–Crippen LogP) is 3.95. The second-order valence-electron chi connectivity index (χ2n) is 5.53. The third-order valence-corrected chi connectivity index (χ3v) is 4.02. The number of phenolic OH excluding ortho intramolecular Hbond substituents is 2. The van der Waals surface area contributed by atoms with Gasteiger partial charge in [-0.1, -0.05) is 48.5 Å². The topological polar surface area (TPSA) is 65.2 Å². The molecule has 1 aliphatic rings. The average molecular weight is 314 g/mol. The van der Waals surface area contributed by atoms with Crippen molar-refractivity contribution in [1.82, 2.24) is 0 Å². The Bertz CT molecular complexity index is 943. The van der Waals surface area contributed by atoms with Crippen LogP contribution in [0.25, 0.3) is 11.1 Å². The third kappa shape index (κ3) is 2.34. The zero-order valence-electron chi connectivity index (χ0n) is 12.7. The van der Waals surface area contributed by atoms with E-state index in [4.69, 9.17) is 0 Å². The molecule has 116 valence electrons. The van der Waals surface area contributed by atoms with Crippen molar-refractivity contribution in [3.63, 3.8) is 0 Å². The van der Waals surface area contributed by atoms with Crippen LogP contribution in [0.5, 0.6) is 11.5 Å². The van der Waals surface area contributed by atoms with Gasteiger partial charge in [0.15, 0.2) is 0 Å². The lowest BCUT2D eigenvalue weighted by Crippen LogP contribution is -1.97. The summed E-state index contributed by atoms with van der Waals surface area (Å²) >= 11 is 0. The second kappa shape index (κ2) is 5.66. The lowest BCUT2D eigenvalue weighted by atomic mass is 10.1. The van der Waals surface area contributed by atoms with E-state index in [9.17, 15) is 10.2 Å². The number of nitrogens with zero attached hydrogens (tertiary/aromatic N) is 2. The molecule has 4 heteroatoms. The molecule has 4 rings (SSSR count). The summed E-state index contributed by atoms with van der Waals surface area (Å²) in [5.41, 5.74) is 5.70. The minimum Gasteiger partial charge on any atom is -0.508 e. The fraction of sp³-hybridized carbons (Fsp3) is 0. The molecule has 0 aliphatic heterocycles. The molecule has 0 amide bonds. The van der Waals surface area contributed by atoms with Crippen LogP contribution in [0.4, 0.5) is 0 Å². The summed E-state index contributed by atoms with van der Waals surface area (Å²) in [5.74, 6) is -0.0271. The molecule has 0 aromatic heterocycles. The van der Waals surface area contributed by atoms with E-state index < -0.39 is 0 Å². The average Bonchev–Trinajstić information content (AvgIpc) is 2.91. The Hall–Kier alpha value is -3.40. The summed E-state index contributed by atoms with van der Waals surface area (Å²) in [4.78, 5) is 0. The quantitative estimate of drug-likeness (QED) is 0.434. The van der Waals surface area contributed by atoms with E-state index >= 15 is 0 Å². The molecule has 3 aromatic carbocycles. The van der Waals surface area contributed by atoms with E-state index in [2.05, 4.69) is 22.3 Å². The van der Waals surface area contributed by atoms with Gasteiger partial charge in [-0.3, -0.25) is 0 Å². The predicted molar refractivity (Wildman–Crippen MR) is 94.9 cm³/mol. The maximum atomic E-state index is 9.80. The van der Waals surface area contributed by atoms with Crippen LogP contribution in [-0.4, -0.2) is 22.1 Å². The summed E-state index contributed by atoms with van der Waals surface area (Å²) < 4.78 is 0. The number of hydrogen-bond acceptors (Lipinski definition) is 4. The molecule has 2 N–H and O–H groups in total. The monoisotopic (exact) mass is 314 g/mol. The van der Waals surface area contributed by atoms with Crippen molar-refractivity contribution < 1.29 is 10.2 Å². The van der Waals surface area contributed by atoms with Crippen molar-refractivity contribution in [3.8, 4) is 22.6 Å². The third-order valence-electron chi connectivity index (χ3n) is 4.02. The van der Waals surface area contributed by atoms with Crippen molar-refractivity contribution in [3.05, 3.63) is 83.4 Å². The standard InChI is InChI=1S/C20H14N2O2/c23-14-10-9-13(19(24)11-14)12-21-22-20-17-7-3-1-5-15(17)16-6-2-4-8-18(16)20/h1-12,23-24H/b21-12-. The summed E-state index contributed by atoms with van der Waals surface area (Å²) in [6.07, 6.45) is 1.48. The van der Waals surface area contributed by atoms with Crippen molar-refractivity contribution in [2.45, 2.75) is 0 Å². The Morgan fingerprint density at radius 1 is 0.708 bits per heavy atom. The van der Waals surface area contributed by atoms with Gasteiger partial charge in [-0.2, -0.15) is 5.10 Å². The van der Waals surface area contributed by atoms with Crippen LogP contribution in [0.1, 0.15) is 16.7 Å². The van der Waals surface area contributed by atoms with Crippen molar-refractivity contribution in [2.75, 3.05) is 0 Å². The zero-order valence-corrected chi connectivity index (χ0v) is 12.7. The molecule has 0 heterocycles. The van der Waals surface area contributed by atoms with Gasteiger partial charge < -0.3 is 10.2 Å². The zero-order chi connectivity index (χ0) is 16.5. The van der Waals surface area contributed by atoms with Crippen LogP contribution >= 0.6 is 0 Å². The smallest absolute Gasteiger partial charge is 0.128 e. The van der Waals surface area contributed by atoms with Crippen molar-refractivity contribution >= 4 is 11.9 Å². The Balaban J connectivity index is 1.76. The maximum absolute atomic E-state index is 9.80. The van der Waals surface area contributed by atoms with Crippen molar-refractivity contribution in [2.24, 2.45) is 10.2 Å². The van der Waals surface area contributed by atoms with Gasteiger partial charge in [0.05, 0.1) is 6.21 Å². The summed E-state index contributed by atoms with van der Waals surface area (Å²) in [6.45, 7) is 0. The first-order valence-electron chi connectivity index (χ1n) is 7.56. The van der Waals surface area contributed by atoms with E-state index in [0.29, 0.717) is 5.56 Å². The van der Waals surface area contributed by atoms with Crippen LogP contribution in [0, 0.1) is 0 Å². The van der Waals surface area contributed by atoms with E-state index in [1.807, 2.05) is 36.4 Å². The molecular formula is C20H14N2O2. The fourth-order valence-corrected chi connectivity index (χ4v) is 2.89. The highest BCUT2D eigenvalue weighted by Gasteiger charge is 2.23. The minimum absolute atomic E-state index is 0.00890. The fourth-order valence-electron chi connectivity index (χ4n) is 2.89. The van der Waals surface area contributed by atoms with Gasteiger partial charge >= 0.3 is 0 Å². The summed E-state index contributed by atoms with van der Waals surface area (Å²) in [7, 11) is 0. The maximum Gasteiger partial charge on any atom is 0.128 e. The molecule has 0 saturated carbocycles. The molecule has 0 atom stereocenters. The Morgan fingerprint density at radius 3 is 1.88 bits per heavy atom. The van der Waals surface area contributed by atoms with Crippen LogP contribution < -0.4 is 0 Å². The number of hydrogen-bond donors (Lipinski definition) is 2. The SMILES string of the molecule is Oc1ccc(/C=N\N=C2c3ccccc3-c3ccccc32)c(O)c1. The Kier molecular flexibility index (Phi) is 3.35. The minimum atomic E-state index is -0.0360. The van der Waals surface area contributed by atoms with Gasteiger partial charge in [0.2, 0.25) is 0 Å². The van der Waals surface area contributed by atoms with E-state index in [-0.39, 0.29) is 11.5 Å². The highest BCUT2D eigenvalue weighted by Crippen LogP contribution is 2.36. The van der Waals surface area contributed by atoms with Gasteiger partial charge in [-0.05, 0) is 23.3 Å². The molecule has 24 heavy (non-hydrogen) atoms. The van der Waals surface area contributed by atoms with E-state index in [1.165, 1.54) is 18.3 Å². The van der Waals surface area contributed by atoms with Gasteiger partial charge in [0.25, 0.3) is 0 Å². The number of aromatic hydroxyl groups is 2. The molecule has 0 saturated heterocycles. The van der Waals surface area contributed by atoms with Crippen LogP contribution in [0.15, 0.2) is 76.9 Å². The van der Waals surface area contributed by atoms with E-state index in [0.717, 1.165) is 28.0 Å². The molecule has 1 aliphatic carbocycles. The van der Waals surface area contributed by atoms with E-state index in [1.54, 1.807) is 6.07 Å². The van der Waals surface area contributed by atoms with Gasteiger partial charge in [-0.15, -0.1) is 5.10 Å². The molecule has 0 fully saturated rings. The number of phenols is 2. The molecule has 0 unspecified atom stereocenters. The largest absolute Gasteiger partial charge is 0.508 e. The van der Waals surface area contributed by atoms with Crippen molar-refractivity contribution in [1.29, 1.82) is 0 Å². The van der Waals surface area contributed by atoms with Crippen LogP contribution in [0.2, 0.25) is 0 Å². The molecule has 0 bridgehead atoms. The normalized spacial score (nSPS) is 12.2. The van der Waals surface area contributed by atoms with Gasteiger partial charge in [-0.25, -0.2) is 0 Å². The number of benzene rings is 3. The first-order valence-corrected chi connectivity index (χ1v) is 7.56. The first kappa shape index (κ1) is 14.2. The van der Waals surface area contributed by atoms with Gasteiger partial charge in [0.1, 0.15) is 17.2 Å². The Morgan fingerprint density at radius 2 is 1.29 bits per heavy atom. The lowest BCUT2D eigenvalue weighted by molar-refractivity contribution is 0.450. The summed E-state index contributed by atoms with van der Waals surface area (Å²) in [5, 5.41) is 27.6. The Labute approximate surface area is 139 Å². The molecular weight excluding hydrogens is 300 g/mol. The molecule has 0 spiro atoms. The first-order chi connectivity index (χ1) is 11.7. The number of fused-ring (bicyclic) bond motifs is 3. The molecule has 4 nitrogen and oxygen atoms in total. The molecule has 3 aromatic rings. The highest BCUT2D eigenvalue weighted by molar-refractivity contribution is 6.24. The highest BCUT2D eigenvalue weighted by atomic mass is 16.3. The number of rotatable bonds is 2. The lowest BCUT2D eigenvalue weighted by Gasteiger charge is -1.99. The van der Waals surface area contributed by atoms with Crippen LogP contribution in [0.3, 0.4) is 0 Å². The van der Waals surface area contributed by atoms with Gasteiger partial charge in [0, 0.05) is 22.8 Å².